The van der Waals surface area contributed by atoms with E-state index in [0.29, 0.717) is 0 Å². The molecule has 0 atom stereocenters. The molecule has 21 rings (SSSR count). The van der Waals surface area contributed by atoms with E-state index in [4.69, 9.17) is 8.83 Å². The first-order valence-corrected chi connectivity index (χ1v) is 42.3. The number of furan rings is 2. The zero-order chi connectivity index (χ0) is 82.0. The molecule has 6 nitrogen and oxygen atoms in total. The molecule has 0 amide bonds. The molecule has 17 aromatic carbocycles. The lowest BCUT2D eigenvalue weighted by Gasteiger charge is -2.47. The molecule has 0 fully saturated rings. The molecular formula is C114H91BN4O2. The third kappa shape index (κ3) is 13.0. The summed E-state index contributed by atoms with van der Waals surface area (Å²) in [7, 11) is 0. The van der Waals surface area contributed by atoms with E-state index in [9.17, 15) is 0 Å². The predicted octanol–water partition coefficient (Wildman–Crippen LogP) is 30.4. The Morgan fingerprint density at radius 3 is 0.884 bits per heavy atom. The van der Waals surface area contributed by atoms with Crippen LogP contribution >= 0.6 is 0 Å². The van der Waals surface area contributed by atoms with Crippen LogP contribution in [0.2, 0.25) is 0 Å². The Labute approximate surface area is 709 Å². The second-order valence-electron chi connectivity index (χ2n) is 35.6. The fraction of sp³-hybridized carbons (Fsp3) is 0.105. The van der Waals surface area contributed by atoms with Crippen LogP contribution in [0, 0.1) is 0 Å². The van der Waals surface area contributed by atoms with Gasteiger partial charge < -0.3 is 28.4 Å². The molecule has 2 aliphatic heterocycles. The first-order valence-electron chi connectivity index (χ1n) is 42.3. The van der Waals surface area contributed by atoms with Gasteiger partial charge in [-0.25, -0.2) is 0 Å². The maximum atomic E-state index is 7.01. The van der Waals surface area contributed by atoms with Crippen LogP contribution in [0.1, 0.15) is 79.0 Å². The van der Waals surface area contributed by atoms with Crippen molar-refractivity contribution in [2.24, 2.45) is 0 Å². The van der Waals surface area contributed by atoms with Crippen LogP contribution in [-0.2, 0) is 16.2 Å². The number of para-hydroxylation sites is 6. The Bertz CT molecular complexity index is 6680. The highest BCUT2D eigenvalue weighted by Crippen LogP contribution is 2.58. The molecule has 0 N–H and O–H groups in total. The van der Waals surface area contributed by atoms with Crippen molar-refractivity contribution in [2.75, 3.05) is 19.6 Å². The lowest BCUT2D eigenvalue weighted by molar-refractivity contribution is 0.590. The van der Waals surface area contributed by atoms with Crippen molar-refractivity contribution >= 4 is 135 Å². The Kier molecular flexibility index (Phi) is 18.0. The van der Waals surface area contributed by atoms with Crippen LogP contribution in [0.25, 0.3) is 111 Å². The van der Waals surface area contributed by atoms with Crippen LogP contribution in [0.3, 0.4) is 0 Å². The molecule has 19 aromatic rings. The summed E-state index contributed by atoms with van der Waals surface area (Å²) in [6, 6.07) is 144. The Morgan fingerprint density at radius 1 is 0.231 bits per heavy atom. The Balaban J connectivity index is 0.956. The fourth-order valence-electron chi connectivity index (χ4n) is 18.8. The number of fused-ring (bicyclic) bond motifs is 10. The number of hydrogen-bond donors (Lipinski definition) is 0. The SMILES string of the molecule is CC(C)(C)c1cc(-c2ccc(-c3ccccc3)cc2)c(N2c3cc(N(c4ccccc4)c4ccccc4)ccc3B3c4ccc(N(c5ccccc5)c5ccccc5)cc4N(c4c(-c5ccc(-c6ccccc6)cc5)cc(C(C)(C)C)cc4-c4cccc5oc6ccccc6c45)c4cc(C(C)(C)C)cc2c43)c(-c2cccc3oc4ccccc4c23)c1. The summed E-state index contributed by atoms with van der Waals surface area (Å²) < 4.78 is 14.0. The number of anilines is 12. The van der Waals surface area contributed by atoms with E-state index in [1.165, 1.54) is 22.2 Å². The van der Waals surface area contributed by atoms with Crippen molar-refractivity contribution in [1.82, 2.24) is 0 Å². The molecule has 2 aliphatic rings. The second kappa shape index (κ2) is 29.3. The van der Waals surface area contributed by atoms with Gasteiger partial charge in [-0.1, -0.05) is 317 Å². The van der Waals surface area contributed by atoms with Gasteiger partial charge in [0, 0.05) is 101 Å². The summed E-state index contributed by atoms with van der Waals surface area (Å²) in [5.74, 6) is 0. The molecule has 7 heteroatoms. The topological polar surface area (TPSA) is 39.2 Å². The maximum absolute atomic E-state index is 7.01. The van der Waals surface area contributed by atoms with Crippen molar-refractivity contribution in [1.29, 1.82) is 0 Å². The minimum Gasteiger partial charge on any atom is -0.456 e. The summed E-state index contributed by atoms with van der Waals surface area (Å²) in [4.78, 5) is 10.3. The molecule has 121 heavy (non-hydrogen) atoms. The van der Waals surface area contributed by atoms with Crippen molar-refractivity contribution in [3.63, 3.8) is 0 Å². The Morgan fingerprint density at radius 2 is 0.529 bits per heavy atom. The molecule has 582 valence electrons. The molecular weight excluding hydrogens is 1470 g/mol. The third-order valence-corrected chi connectivity index (χ3v) is 24.9. The molecule has 0 radical (unpaired) electrons. The highest BCUT2D eigenvalue weighted by atomic mass is 16.3. The first-order chi connectivity index (χ1) is 58.9. The minimum atomic E-state index is -0.440. The van der Waals surface area contributed by atoms with Gasteiger partial charge >= 0.3 is 0 Å². The zero-order valence-electron chi connectivity index (χ0n) is 69.6. The summed E-state index contributed by atoms with van der Waals surface area (Å²) in [5.41, 5.74) is 35.3. The molecule has 2 aromatic heterocycles. The van der Waals surface area contributed by atoms with E-state index in [-0.39, 0.29) is 17.5 Å². The number of benzene rings is 17. The van der Waals surface area contributed by atoms with Crippen LogP contribution in [0.15, 0.2) is 397 Å². The summed E-state index contributed by atoms with van der Waals surface area (Å²) in [6.45, 7) is 21.0. The quantitative estimate of drug-likeness (QED) is 0.101. The smallest absolute Gasteiger partial charge is 0.252 e. The zero-order valence-corrected chi connectivity index (χ0v) is 69.6. The van der Waals surface area contributed by atoms with Crippen molar-refractivity contribution in [3.05, 3.63) is 405 Å². The normalized spacial score (nSPS) is 12.6. The second-order valence-corrected chi connectivity index (χ2v) is 35.6. The van der Waals surface area contributed by atoms with E-state index in [1.54, 1.807) is 0 Å². The largest absolute Gasteiger partial charge is 0.456 e. The van der Waals surface area contributed by atoms with Gasteiger partial charge in [0.1, 0.15) is 22.3 Å². The average Bonchev–Trinajstić information content (AvgIpc) is 1.14. The maximum Gasteiger partial charge on any atom is 0.252 e. The van der Waals surface area contributed by atoms with Crippen LogP contribution in [0.4, 0.5) is 68.2 Å². The van der Waals surface area contributed by atoms with Gasteiger partial charge in [0.05, 0.1) is 11.4 Å². The number of rotatable bonds is 14. The van der Waals surface area contributed by atoms with Crippen LogP contribution in [0.5, 0.6) is 0 Å². The summed E-state index contributed by atoms with van der Waals surface area (Å²) >= 11 is 0. The molecule has 0 aliphatic carbocycles. The number of hydrogen-bond acceptors (Lipinski definition) is 6. The lowest BCUT2D eigenvalue weighted by Crippen LogP contribution is -2.61. The van der Waals surface area contributed by atoms with Gasteiger partial charge in [-0.15, -0.1) is 0 Å². The van der Waals surface area contributed by atoms with Gasteiger partial charge in [0.25, 0.3) is 6.71 Å². The van der Waals surface area contributed by atoms with E-state index in [2.05, 4.69) is 470 Å². The highest BCUT2D eigenvalue weighted by molar-refractivity contribution is 7.00. The van der Waals surface area contributed by atoms with Crippen molar-refractivity contribution in [2.45, 2.75) is 78.6 Å². The van der Waals surface area contributed by atoms with Crippen molar-refractivity contribution in [3.8, 4) is 66.8 Å². The lowest BCUT2D eigenvalue weighted by atomic mass is 9.33. The minimum absolute atomic E-state index is 0.319. The van der Waals surface area contributed by atoms with Crippen LogP contribution in [-0.4, -0.2) is 6.71 Å². The average molecular weight is 1560 g/mol. The first kappa shape index (κ1) is 74.2. The molecule has 0 saturated carbocycles. The van der Waals surface area contributed by atoms with Gasteiger partial charge in [0.2, 0.25) is 0 Å². The van der Waals surface area contributed by atoms with Crippen molar-refractivity contribution < 1.29 is 8.83 Å². The van der Waals surface area contributed by atoms with E-state index < -0.39 is 5.41 Å². The van der Waals surface area contributed by atoms with E-state index in [1.807, 2.05) is 0 Å². The van der Waals surface area contributed by atoms with E-state index in [0.717, 1.165) is 190 Å². The standard InChI is InChI=1S/C114H91BN4O2/c1-112(2,3)80-66-93(78-58-54-76(55-59-78)74-34-16-10-17-35-74)110(95(68-80)89-48-32-52-105-107(89)91-46-28-30-50-103(91)120-105)118-99-72-87(116(83-38-20-12-21-39-83)84-40-22-13-23-41-84)62-64-97(99)115-98-65-63-88(117(85-42-24-14-25-43-85)86-44-26-15-27-45-86)73-100(98)119(102-71-82(114(7,8)9)70-101(118)109(102)115)111-94(79-60-56-77(57-61-79)75-36-18-11-19-37-75)67-81(113(4,5)6)69-96(111)90-49-33-53-106-108(90)92-47-29-31-51-104(92)121-106/h10-73H,1-9H3. The van der Waals surface area contributed by atoms with Gasteiger partial charge in [0.15, 0.2) is 0 Å². The molecule has 0 bridgehead atoms. The van der Waals surface area contributed by atoms with Gasteiger partial charge in [-0.05, 0) is 227 Å². The van der Waals surface area contributed by atoms with Gasteiger partial charge in [-0.3, -0.25) is 0 Å². The monoisotopic (exact) mass is 1560 g/mol. The molecule has 0 spiro atoms. The third-order valence-electron chi connectivity index (χ3n) is 24.9. The van der Waals surface area contributed by atoms with Crippen LogP contribution < -0.4 is 36.0 Å². The predicted molar refractivity (Wildman–Crippen MR) is 513 cm³/mol. The summed E-state index contributed by atoms with van der Waals surface area (Å²) in [5, 5.41) is 4.26. The number of nitrogens with zero attached hydrogens (tertiary/aromatic N) is 4. The van der Waals surface area contributed by atoms with E-state index >= 15 is 0 Å². The molecule has 0 saturated heterocycles. The summed E-state index contributed by atoms with van der Waals surface area (Å²) in [6.07, 6.45) is 0. The molecule has 4 heterocycles. The molecule has 0 unspecified atom stereocenters. The fourth-order valence-corrected chi connectivity index (χ4v) is 18.8. The Hall–Kier alpha value is -14.4. The van der Waals surface area contributed by atoms with Gasteiger partial charge in [-0.2, -0.15) is 0 Å². The highest BCUT2D eigenvalue weighted by Gasteiger charge is 2.47.